The molecule has 380 valence electrons. The van der Waals surface area contributed by atoms with Crippen molar-refractivity contribution in [1.82, 2.24) is 42.2 Å². The van der Waals surface area contributed by atoms with Crippen LogP contribution in [0.25, 0.3) is 10.9 Å². The molecule has 22 heteroatoms. The third kappa shape index (κ3) is 18.6. The molecule has 1 aromatic heterocycles. The number of primary amides is 1. The summed E-state index contributed by atoms with van der Waals surface area (Å²) in [7, 11) is 0. The topological polar surface area (TPSA) is 357 Å². The highest BCUT2D eigenvalue weighted by atomic mass is 16.4. The summed E-state index contributed by atoms with van der Waals surface area (Å²) < 4.78 is 0. The van der Waals surface area contributed by atoms with E-state index in [1.807, 2.05) is 0 Å². The van der Waals surface area contributed by atoms with Gasteiger partial charge in [0.2, 0.25) is 47.3 Å². The molecule has 0 spiro atoms. The lowest BCUT2D eigenvalue weighted by atomic mass is 10.00. The van der Waals surface area contributed by atoms with Gasteiger partial charge in [0.1, 0.15) is 42.0 Å². The minimum absolute atomic E-state index is 0.0120. The molecule has 0 radical (unpaired) electrons. The van der Waals surface area contributed by atoms with Crippen molar-refractivity contribution in [3.05, 3.63) is 102 Å². The molecule has 71 heavy (non-hydrogen) atoms. The van der Waals surface area contributed by atoms with E-state index < -0.39 is 108 Å². The third-order valence-electron chi connectivity index (χ3n) is 11.0. The van der Waals surface area contributed by atoms with Crippen molar-refractivity contribution >= 4 is 70.1 Å². The lowest BCUT2D eigenvalue weighted by molar-refractivity contribution is -0.141. The van der Waals surface area contributed by atoms with Crippen LogP contribution in [0.2, 0.25) is 0 Å². The van der Waals surface area contributed by atoms with Gasteiger partial charge < -0.3 is 63.3 Å². The molecule has 0 saturated heterocycles. The van der Waals surface area contributed by atoms with Crippen molar-refractivity contribution in [2.45, 2.75) is 108 Å². The van der Waals surface area contributed by atoms with Crippen molar-refractivity contribution < 1.29 is 63.3 Å². The molecule has 0 unspecified atom stereocenters. The smallest absolute Gasteiger partial charge is 0.305 e. The number of amides is 8. The molecule has 6 atom stereocenters. The first-order chi connectivity index (χ1) is 33.7. The Morgan fingerprint density at radius 1 is 0.563 bits per heavy atom. The molecule has 0 fully saturated rings. The highest BCUT2D eigenvalue weighted by molar-refractivity contribution is 5.98. The number of carboxylic acid groups (broad SMARTS) is 2. The van der Waals surface area contributed by atoms with E-state index >= 15 is 0 Å². The molecule has 0 aliphatic carbocycles. The standard InChI is InChI=1S/C49H61N9O13/c1-27(2)20-36(47(69)58-39(24-43(64)65)49(71)55-35(44(50)66)21-29-10-5-4-6-11-29)57-48(70)38(23-31-25-51-34-13-8-7-12-33(31)34)54-41(61)26-52-46(68)37(22-30-16-18-32(59)19-17-30)56-45(67)28(3)53-40(60)14-9-15-42(62)63/h4-8,10-13,16-19,25,27-28,35-39,51,59H,9,14-15,20-24,26H2,1-3H3,(H2,50,66)(H,52,68)(H,53,60)(H,54,61)(H,55,71)(H,56,67)(H,57,70)(H,58,69)(H,62,63)(H,64,65)/t28-,35-,36-,37-,38-,39-/m0/s1. The largest absolute Gasteiger partial charge is 0.508 e. The fraction of sp³-hybridized carbons (Fsp3) is 0.388. The first kappa shape index (κ1) is 55.3. The lowest BCUT2D eigenvalue weighted by Gasteiger charge is -2.27. The zero-order valence-electron chi connectivity index (χ0n) is 39.5. The monoisotopic (exact) mass is 983 g/mol. The van der Waals surface area contributed by atoms with Gasteiger partial charge in [-0.1, -0.05) is 74.5 Å². The van der Waals surface area contributed by atoms with Gasteiger partial charge in [-0.15, -0.1) is 0 Å². The van der Waals surface area contributed by atoms with E-state index in [2.05, 4.69) is 42.2 Å². The number of hydrogen-bond donors (Lipinski definition) is 12. The van der Waals surface area contributed by atoms with Crippen LogP contribution in [0.3, 0.4) is 0 Å². The van der Waals surface area contributed by atoms with Gasteiger partial charge in [0.15, 0.2) is 0 Å². The second kappa shape index (κ2) is 27.0. The molecule has 0 aliphatic rings. The second-order valence-corrected chi connectivity index (χ2v) is 17.4. The number of phenolic OH excluding ortho intramolecular Hbond substituents is 1. The van der Waals surface area contributed by atoms with Crippen molar-refractivity contribution in [2.75, 3.05) is 6.54 Å². The molecule has 4 aromatic rings. The summed E-state index contributed by atoms with van der Waals surface area (Å²) in [6.07, 6.45) is 0.0672. The van der Waals surface area contributed by atoms with Crippen LogP contribution in [0, 0.1) is 5.92 Å². The van der Waals surface area contributed by atoms with Gasteiger partial charge >= 0.3 is 11.9 Å². The Labute approximate surface area is 408 Å². The second-order valence-electron chi connectivity index (χ2n) is 17.4. The number of H-pyrrole nitrogens is 1. The van der Waals surface area contributed by atoms with Gasteiger partial charge in [0, 0.05) is 49.2 Å². The molecule has 8 amide bonds. The Morgan fingerprint density at radius 2 is 1.13 bits per heavy atom. The van der Waals surface area contributed by atoms with E-state index in [0.717, 1.165) is 5.52 Å². The van der Waals surface area contributed by atoms with Crippen LogP contribution in [0.5, 0.6) is 5.75 Å². The number of fused-ring (bicyclic) bond motifs is 1. The number of aromatic amines is 1. The number of rotatable bonds is 28. The zero-order chi connectivity index (χ0) is 52.2. The van der Waals surface area contributed by atoms with Gasteiger partial charge in [-0.2, -0.15) is 0 Å². The number of aromatic nitrogens is 1. The number of phenols is 1. The molecule has 3 aromatic carbocycles. The van der Waals surface area contributed by atoms with E-state index in [1.54, 1.807) is 74.6 Å². The Morgan fingerprint density at radius 3 is 1.77 bits per heavy atom. The number of aromatic hydroxyl groups is 1. The summed E-state index contributed by atoms with van der Waals surface area (Å²) in [6.45, 7) is 4.15. The predicted octanol–water partition coefficient (Wildman–Crippen LogP) is 0.207. The molecule has 0 aliphatic heterocycles. The highest BCUT2D eigenvalue weighted by Crippen LogP contribution is 2.20. The van der Waals surface area contributed by atoms with Gasteiger partial charge in [0.05, 0.1) is 13.0 Å². The van der Waals surface area contributed by atoms with Crippen molar-refractivity contribution in [3.63, 3.8) is 0 Å². The molecule has 13 N–H and O–H groups in total. The lowest BCUT2D eigenvalue weighted by Crippen LogP contribution is -2.59. The normalized spacial score (nSPS) is 13.5. The van der Waals surface area contributed by atoms with Crippen LogP contribution in [0.15, 0.2) is 85.1 Å². The highest BCUT2D eigenvalue weighted by Gasteiger charge is 2.33. The van der Waals surface area contributed by atoms with Gasteiger partial charge in [0.25, 0.3) is 0 Å². The first-order valence-corrected chi connectivity index (χ1v) is 22.9. The minimum atomic E-state index is -1.71. The number of benzene rings is 3. The fourth-order valence-corrected chi connectivity index (χ4v) is 7.40. The van der Waals surface area contributed by atoms with Gasteiger partial charge in [-0.25, -0.2) is 0 Å². The Kier molecular flexibility index (Phi) is 21.1. The van der Waals surface area contributed by atoms with Crippen LogP contribution >= 0.6 is 0 Å². The maximum Gasteiger partial charge on any atom is 0.305 e. The van der Waals surface area contributed by atoms with Crippen molar-refractivity contribution in [1.29, 1.82) is 0 Å². The number of aliphatic carboxylic acids is 2. The van der Waals surface area contributed by atoms with E-state index in [0.29, 0.717) is 22.1 Å². The van der Waals surface area contributed by atoms with Crippen LogP contribution in [0.1, 0.15) is 69.6 Å². The van der Waals surface area contributed by atoms with Crippen molar-refractivity contribution in [2.24, 2.45) is 11.7 Å². The predicted molar refractivity (Wildman–Crippen MR) is 257 cm³/mol. The fourth-order valence-electron chi connectivity index (χ4n) is 7.40. The summed E-state index contributed by atoms with van der Waals surface area (Å²) in [5.74, 6) is -9.64. The number of para-hydroxylation sites is 1. The number of carbonyl (C=O) groups is 10. The summed E-state index contributed by atoms with van der Waals surface area (Å²) in [6, 6.07) is 13.2. The summed E-state index contributed by atoms with van der Waals surface area (Å²) in [4.78, 5) is 133. The number of nitrogens with one attached hydrogen (secondary N) is 8. The van der Waals surface area contributed by atoms with Crippen LogP contribution in [-0.4, -0.2) is 122 Å². The zero-order valence-corrected chi connectivity index (χ0v) is 39.5. The van der Waals surface area contributed by atoms with Crippen LogP contribution in [-0.2, 0) is 67.2 Å². The molecule has 1 heterocycles. The van der Waals surface area contributed by atoms with Crippen molar-refractivity contribution in [3.8, 4) is 5.75 Å². The van der Waals surface area contributed by atoms with E-state index in [4.69, 9.17) is 10.8 Å². The maximum atomic E-state index is 14.3. The average molecular weight is 984 g/mol. The summed E-state index contributed by atoms with van der Waals surface area (Å²) in [5.41, 5.74) is 8.03. The molecular formula is C49H61N9O13. The third-order valence-corrected chi connectivity index (χ3v) is 11.0. The SMILES string of the molecule is CC(C)C[C@H](NC(=O)[C@H](Cc1c[nH]c2ccccc12)NC(=O)CNC(=O)[C@H](Cc1ccc(O)cc1)NC(=O)[C@H](C)NC(=O)CCCC(=O)O)C(=O)N[C@@H](CC(=O)O)C(=O)N[C@@H](Cc1ccccc1)C(N)=O. The number of carbonyl (C=O) groups excluding carboxylic acids is 8. The molecule has 0 saturated carbocycles. The molecular weight excluding hydrogens is 923 g/mol. The van der Waals surface area contributed by atoms with E-state index in [-0.39, 0.29) is 56.6 Å². The molecule has 22 nitrogen and oxygen atoms in total. The summed E-state index contributed by atoms with van der Waals surface area (Å²) in [5, 5.41) is 46.6. The van der Waals surface area contributed by atoms with Gasteiger partial charge in [-0.05, 0) is 60.6 Å². The van der Waals surface area contributed by atoms with E-state index in [9.17, 15) is 58.2 Å². The maximum absolute atomic E-state index is 14.3. The number of carboxylic acids is 2. The number of hydrogen-bond acceptors (Lipinski definition) is 11. The quantitative estimate of drug-likeness (QED) is 0.0363. The Hall–Kier alpha value is -8.30. The minimum Gasteiger partial charge on any atom is -0.508 e. The van der Waals surface area contributed by atoms with E-state index in [1.165, 1.54) is 31.2 Å². The van der Waals surface area contributed by atoms with Crippen LogP contribution in [0.4, 0.5) is 0 Å². The molecule has 4 rings (SSSR count). The first-order valence-electron chi connectivity index (χ1n) is 22.9. The van der Waals surface area contributed by atoms with Crippen LogP contribution < -0.4 is 43.0 Å². The van der Waals surface area contributed by atoms with Gasteiger partial charge in [-0.3, -0.25) is 47.9 Å². The Balaban J connectivity index is 1.52. The summed E-state index contributed by atoms with van der Waals surface area (Å²) >= 11 is 0. The Bertz CT molecular complexity index is 2530. The molecule has 0 bridgehead atoms. The average Bonchev–Trinajstić information content (AvgIpc) is 3.72. The number of nitrogens with two attached hydrogens (primary N) is 1.